The van der Waals surface area contributed by atoms with Crippen molar-refractivity contribution in [2.45, 2.75) is 76.5 Å². The van der Waals surface area contributed by atoms with Crippen molar-refractivity contribution in [3.05, 3.63) is 0 Å². The van der Waals surface area contributed by atoms with E-state index in [0.717, 1.165) is 18.1 Å². The van der Waals surface area contributed by atoms with Gasteiger partial charge in [0.2, 0.25) is 0 Å². The number of hydrogen-bond acceptors (Lipinski definition) is 3. The monoisotopic (exact) mass is 251 g/mol. The average Bonchev–Trinajstić information content (AvgIpc) is 2.79. The van der Waals surface area contributed by atoms with E-state index in [1.165, 1.54) is 58.3 Å². The molecule has 0 unspecified atom stereocenters. The molecule has 2 aliphatic heterocycles. The van der Waals surface area contributed by atoms with E-state index in [1.807, 2.05) is 0 Å². The van der Waals surface area contributed by atoms with Gasteiger partial charge in [0.25, 0.3) is 0 Å². The second kappa shape index (κ2) is 5.48. The first-order valence-corrected chi connectivity index (χ1v) is 7.99. The molecule has 3 fully saturated rings. The Morgan fingerprint density at radius 2 is 1.61 bits per heavy atom. The zero-order valence-corrected chi connectivity index (χ0v) is 12.1. The Hall–Kier alpha value is -0.120. The molecule has 2 atom stereocenters. The molecule has 1 aliphatic carbocycles. The molecule has 1 saturated carbocycles. The molecule has 18 heavy (non-hydrogen) atoms. The van der Waals surface area contributed by atoms with Crippen LogP contribution in [-0.2, 0) is 0 Å². The molecule has 2 saturated heterocycles. The van der Waals surface area contributed by atoms with Crippen molar-refractivity contribution < 1.29 is 0 Å². The third-order valence-electron chi connectivity index (χ3n) is 5.31. The highest BCUT2D eigenvalue weighted by Crippen LogP contribution is 2.36. The summed E-state index contributed by atoms with van der Waals surface area (Å²) in [6.07, 6.45) is 8.49. The predicted octanol–water partition coefficient (Wildman–Crippen LogP) is 2.03. The normalized spacial score (nSPS) is 36.2. The van der Waals surface area contributed by atoms with Crippen molar-refractivity contribution in [3.8, 4) is 0 Å². The predicted molar refractivity (Wildman–Crippen MR) is 75.6 cm³/mol. The Labute approximate surface area is 112 Å². The minimum Gasteiger partial charge on any atom is -0.317 e. The fraction of sp³-hybridized carbons (Fsp3) is 1.00. The summed E-state index contributed by atoms with van der Waals surface area (Å²) in [4.78, 5) is 5.64. The zero-order valence-electron chi connectivity index (χ0n) is 12.1. The highest BCUT2D eigenvalue weighted by Gasteiger charge is 2.44. The maximum absolute atomic E-state index is 3.50. The van der Waals surface area contributed by atoms with E-state index in [2.05, 4.69) is 29.0 Å². The van der Waals surface area contributed by atoms with Gasteiger partial charge in [0, 0.05) is 24.2 Å². The largest absolute Gasteiger partial charge is 0.317 e. The summed E-state index contributed by atoms with van der Waals surface area (Å²) < 4.78 is 0. The van der Waals surface area contributed by atoms with Crippen LogP contribution >= 0.6 is 0 Å². The summed E-state index contributed by atoms with van der Waals surface area (Å²) in [6, 6.07) is 3.28. The Morgan fingerprint density at radius 1 is 0.944 bits per heavy atom. The van der Waals surface area contributed by atoms with Crippen LogP contribution in [0.4, 0.5) is 0 Å². The van der Waals surface area contributed by atoms with E-state index in [4.69, 9.17) is 0 Å². The topological polar surface area (TPSA) is 18.5 Å². The number of piperidine rings is 1. The molecule has 2 heterocycles. The molecule has 0 bridgehead atoms. The molecule has 0 aromatic heterocycles. The van der Waals surface area contributed by atoms with Crippen molar-refractivity contribution in [1.29, 1.82) is 0 Å². The van der Waals surface area contributed by atoms with Crippen molar-refractivity contribution in [1.82, 2.24) is 15.1 Å². The maximum Gasteiger partial charge on any atom is 0.0518 e. The molecule has 3 aliphatic rings. The molecular formula is C15H29N3. The van der Waals surface area contributed by atoms with E-state index in [0.29, 0.717) is 6.04 Å². The summed E-state index contributed by atoms with van der Waals surface area (Å²) >= 11 is 0. The van der Waals surface area contributed by atoms with Crippen LogP contribution in [-0.4, -0.2) is 53.7 Å². The van der Waals surface area contributed by atoms with Crippen LogP contribution in [0.3, 0.4) is 0 Å². The number of fused-ring (bicyclic) bond motifs is 1. The van der Waals surface area contributed by atoms with Gasteiger partial charge in [-0.05, 0) is 52.6 Å². The molecule has 3 rings (SSSR count). The Morgan fingerprint density at radius 3 is 2.28 bits per heavy atom. The summed E-state index contributed by atoms with van der Waals surface area (Å²) in [7, 11) is 0. The molecule has 0 spiro atoms. The van der Waals surface area contributed by atoms with Gasteiger partial charge < -0.3 is 5.32 Å². The Balaban J connectivity index is 1.73. The van der Waals surface area contributed by atoms with Crippen LogP contribution in [0, 0.1) is 0 Å². The number of nitrogens with zero attached hydrogens (tertiary/aromatic N) is 2. The minimum absolute atomic E-state index is 0.710. The van der Waals surface area contributed by atoms with Gasteiger partial charge in [0.05, 0.1) is 6.67 Å². The van der Waals surface area contributed by atoms with Crippen LogP contribution in [0.1, 0.15) is 52.4 Å². The average molecular weight is 251 g/mol. The zero-order chi connectivity index (χ0) is 12.5. The first kappa shape index (κ1) is 12.9. The van der Waals surface area contributed by atoms with Crippen molar-refractivity contribution in [3.63, 3.8) is 0 Å². The lowest BCUT2D eigenvalue weighted by Gasteiger charge is -2.38. The first-order chi connectivity index (χ1) is 8.77. The molecule has 0 radical (unpaired) electrons. The number of nitrogens with one attached hydrogen (secondary N) is 1. The van der Waals surface area contributed by atoms with Gasteiger partial charge >= 0.3 is 0 Å². The molecule has 3 heteroatoms. The lowest BCUT2D eigenvalue weighted by molar-refractivity contribution is 0.120. The standard InChI is InChI=1S/C15H29N3/c1-12(2)17-11-18(13-7-9-16-10-8-13)15-6-4-3-5-14(15)17/h12-16H,3-11H2,1-2H3/t14-,15-/m0/s1. The SMILES string of the molecule is CC(C)N1CN(C2CCNCC2)[C@H]2CCCC[C@@H]21. The first-order valence-electron chi connectivity index (χ1n) is 7.99. The van der Waals surface area contributed by atoms with E-state index >= 15 is 0 Å². The molecule has 0 aromatic rings. The fourth-order valence-corrected chi connectivity index (χ4v) is 4.33. The number of rotatable bonds is 2. The molecule has 0 amide bonds. The van der Waals surface area contributed by atoms with Crippen molar-refractivity contribution in [2.24, 2.45) is 0 Å². The van der Waals surface area contributed by atoms with Gasteiger partial charge in [-0.2, -0.15) is 0 Å². The van der Waals surface area contributed by atoms with Gasteiger partial charge in [-0.15, -0.1) is 0 Å². The molecular weight excluding hydrogens is 222 g/mol. The third kappa shape index (κ3) is 2.33. The molecule has 0 aromatic carbocycles. The minimum atomic E-state index is 0.710. The summed E-state index contributed by atoms with van der Waals surface area (Å²) in [6.45, 7) is 8.42. The van der Waals surface area contributed by atoms with Crippen LogP contribution in [0.5, 0.6) is 0 Å². The number of hydrogen-bond donors (Lipinski definition) is 1. The Bertz CT molecular complexity index is 273. The lowest BCUT2D eigenvalue weighted by Crippen LogP contribution is -2.47. The van der Waals surface area contributed by atoms with Crippen molar-refractivity contribution >= 4 is 0 Å². The highest BCUT2D eigenvalue weighted by molar-refractivity contribution is 4.99. The van der Waals surface area contributed by atoms with Crippen LogP contribution in [0.2, 0.25) is 0 Å². The fourth-order valence-electron chi connectivity index (χ4n) is 4.33. The van der Waals surface area contributed by atoms with Gasteiger partial charge in [-0.3, -0.25) is 9.80 Å². The molecule has 3 nitrogen and oxygen atoms in total. The van der Waals surface area contributed by atoms with Gasteiger partial charge in [-0.25, -0.2) is 0 Å². The van der Waals surface area contributed by atoms with Crippen molar-refractivity contribution in [2.75, 3.05) is 19.8 Å². The smallest absolute Gasteiger partial charge is 0.0518 e. The summed E-state index contributed by atoms with van der Waals surface area (Å²) in [5.74, 6) is 0. The van der Waals surface area contributed by atoms with Crippen LogP contribution < -0.4 is 5.32 Å². The van der Waals surface area contributed by atoms with E-state index in [-0.39, 0.29) is 0 Å². The quantitative estimate of drug-likeness (QED) is 0.810. The van der Waals surface area contributed by atoms with Gasteiger partial charge in [-0.1, -0.05) is 12.8 Å². The van der Waals surface area contributed by atoms with E-state index < -0.39 is 0 Å². The van der Waals surface area contributed by atoms with Gasteiger partial charge in [0.15, 0.2) is 0 Å². The van der Waals surface area contributed by atoms with Crippen LogP contribution in [0.25, 0.3) is 0 Å². The lowest BCUT2D eigenvalue weighted by atomic mass is 9.88. The third-order valence-corrected chi connectivity index (χ3v) is 5.31. The molecule has 104 valence electrons. The highest BCUT2D eigenvalue weighted by atomic mass is 15.4. The summed E-state index contributed by atoms with van der Waals surface area (Å²) in [5.41, 5.74) is 0. The second-order valence-electron chi connectivity index (χ2n) is 6.66. The maximum atomic E-state index is 3.50. The molecule has 1 N–H and O–H groups in total. The van der Waals surface area contributed by atoms with E-state index in [9.17, 15) is 0 Å². The van der Waals surface area contributed by atoms with Gasteiger partial charge in [0.1, 0.15) is 0 Å². The summed E-state index contributed by atoms with van der Waals surface area (Å²) in [5, 5.41) is 3.50. The Kier molecular flexibility index (Phi) is 3.92. The van der Waals surface area contributed by atoms with Crippen LogP contribution in [0.15, 0.2) is 0 Å². The second-order valence-corrected chi connectivity index (χ2v) is 6.66. The van der Waals surface area contributed by atoms with E-state index in [1.54, 1.807) is 0 Å².